The number of nitrogens with zero attached hydrogens (tertiary/aromatic N) is 1. The van der Waals surface area contributed by atoms with Gasteiger partial charge in [0.15, 0.2) is 0 Å². The van der Waals surface area contributed by atoms with E-state index < -0.39 is 0 Å². The van der Waals surface area contributed by atoms with Crippen molar-refractivity contribution in [2.24, 2.45) is 17.8 Å². The second kappa shape index (κ2) is 10.7. The van der Waals surface area contributed by atoms with E-state index in [1.54, 1.807) is 23.5 Å². The number of likely N-dealkylation sites (tertiary alicyclic amines) is 1. The number of carbonyl (C=O) groups is 2. The number of benzene rings is 1. The second-order valence-corrected chi connectivity index (χ2v) is 11.2. The summed E-state index contributed by atoms with van der Waals surface area (Å²) in [6.45, 7) is 5.25. The number of phenols is 1. The molecule has 0 spiro atoms. The molecule has 2 aliphatic heterocycles. The van der Waals surface area contributed by atoms with Crippen LogP contribution < -0.4 is 0 Å². The molecule has 1 aliphatic carbocycles. The van der Waals surface area contributed by atoms with Crippen LogP contribution in [0.4, 0.5) is 0 Å². The molecule has 190 valence electrons. The first-order valence-electron chi connectivity index (χ1n) is 13.2. The SMILES string of the molecule is CCCC1=C2[C@@H](CC/C(=C/c3cccc(O)c3)CC)OC[C@@H]2[C@@H]2C(=O)N(Cc3cccs3)C(=O)[C@@H]2C1. The zero-order valence-corrected chi connectivity index (χ0v) is 21.9. The van der Waals surface area contributed by atoms with Gasteiger partial charge in [0.1, 0.15) is 5.75 Å². The highest BCUT2D eigenvalue weighted by Gasteiger charge is 2.56. The van der Waals surface area contributed by atoms with Gasteiger partial charge in [-0.25, -0.2) is 0 Å². The fourth-order valence-electron chi connectivity index (χ4n) is 6.31. The molecular formula is C30H35NO4S. The van der Waals surface area contributed by atoms with Gasteiger partial charge in [0.2, 0.25) is 11.8 Å². The summed E-state index contributed by atoms with van der Waals surface area (Å²) in [7, 11) is 0. The van der Waals surface area contributed by atoms with E-state index in [0.29, 0.717) is 19.6 Å². The summed E-state index contributed by atoms with van der Waals surface area (Å²) >= 11 is 1.59. The van der Waals surface area contributed by atoms with Crippen molar-refractivity contribution in [1.82, 2.24) is 4.90 Å². The lowest BCUT2D eigenvalue weighted by Gasteiger charge is -2.32. The van der Waals surface area contributed by atoms with Gasteiger partial charge in [-0.2, -0.15) is 0 Å². The molecule has 5 nitrogen and oxygen atoms in total. The molecule has 3 aliphatic rings. The van der Waals surface area contributed by atoms with Crippen molar-refractivity contribution in [3.63, 3.8) is 0 Å². The summed E-state index contributed by atoms with van der Waals surface area (Å²) in [5.74, 6) is -0.259. The van der Waals surface area contributed by atoms with Crippen molar-refractivity contribution >= 4 is 29.2 Å². The van der Waals surface area contributed by atoms with Crippen molar-refractivity contribution in [3.8, 4) is 5.75 Å². The van der Waals surface area contributed by atoms with Crippen LogP contribution in [0.5, 0.6) is 5.75 Å². The minimum absolute atomic E-state index is 0.00295. The van der Waals surface area contributed by atoms with Gasteiger partial charge >= 0.3 is 0 Å². The Morgan fingerprint density at radius 3 is 2.75 bits per heavy atom. The van der Waals surface area contributed by atoms with E-state index in [4.69, 9.17) is 4.74 Å². The Hall–Kier alpha value is -2.70. The largest absolute Gasteiger partial charge is 0.508 e. The van der Waals surface area contributed by atoms with Gasteiger partial charge in [0.25, 0.3) is 0 Å². The molecule has 2 saturated heterocycles. The average Bonchev–Trinajstić information content (AvgIpc) is 3.59. The smallest absolute Gasteiger partial charge is 0.234 e. The van der Waals surface area contributed by atoms with Crippen LogP contribution in [0.15, 0.2) is 58.5 Å². The van der Waals surface area contributed by atoms with Gasteiger partial charge in [0, 0.05) is 10.8 Å². The van der Waals surface area contributed by atoms with Crippen molar-refractivity contribution in [1.29, 1.82) is 0 Å². The number of thiophene rings is 1. The maximum atomic E-state index is 13.5. The van der Waals surface area contributed by atoms with Crippen LogP contribution in [0, 0.1) is 17.8 Å². The molecule has 0 radical (unpaired) electrons. The Labute approximate surface area is 217 Å². The number of aromatic hydroxyl groups is 1. The van der Waals surface area contributed by atoms with Crippen molar-refractivity contribution in [2.75, 3.05) is 6.61 Å². The van der Waals surface area contributed by atoms with E-state index >= 15 is 0 Å². The first-order valence-corrected chi connectivity index (χ1v) is 14.1. The second-order valence-electron chi connectivity index (χ2n) is 10.2. The van der Waals surface area contributed by atoms with Gasteiger partial charge in [-0.1, -0.05) is 55.7 Å². The molecule has 6 heteroatoms. The summed E-state index contributed by atoms with van der Waals surface area (Å²) in [6.07, 6.45) is 7.54. The Morgan fingerprint density at radius 1 is 1.17 bits per heavy atom. The van der Waals surface area contributed by atoms with E-state index in [2.05, 4.69) is 19.9 Å². The predicted molar refractivity (Wildman–Crippen MR) is 142 cm³/mol. The molecule has 1 N–H and O–H groups in total. The number of amides is 2. The Bertz CT molecular complexity index is 1180. The minimum Gasteiger partial charge on any atom is -0.508 e. The van der Waals surface area contributed by atoms with Crippen LogP contribution in [-0.4, -0.2) is 34.5 Å². The first kappa shape index (κ1) is 25.0. The normalized spacial score (nSPS) is 26.1. The zero-order valence-electron chi connectivity index (χ0n) is 21.1. The molecular weight excluding hydrogens is 470 g/mol. The molecule has 2 amide bonds. The summed E-state index contributed by atoms with van der Waals surface area (Å²) in [5.41, 5.74) is 4.97. The monoisotopic (exact) mass is 505 g/mol. The van der Waals surface area contributed by atoms with Crippen molar-refractivity contribution in [3.05, 3.63) is 68.9 Å². The molecule has 3 heterocycles. The standard InChI is InChI=1S/C30H35NO4S/c1-3-7-21-16-24-28(30(34)31(29(24)33)17-23-10-6-13-36-23)25-18-35-26(27(21)25)12-11-19(4-2)14-20-8-5-9-22(32)15-20/h5-6,8-10,13-15,24-26,28,32H,3-4,7,11-12,16-18H2,1-2H3/b19-14+/t24-,25+,26-,28-/m1/s1. The van der Waals surface area contributed by atoms with Gasteiger partial charge in [-0.05, 0) is 66.8 Å². The fraction of sp³-hybridized carbons (Fsp3) is 0.467. The number of carbonyl (C=O) groups excluding carboxylic acids is 2. The Morgan fingerprint density at radius 2 is 2.03 bits per heavy atom. The highest BCUT2D eigenvalue weighted by molar-refractivity contribution is 7.09. The highest BCUT2D eigenvalue weighted by Crippen LogP contribution is 2.51. The number of allylic oxidation sites excluding steroid dienone is 2. The van der Waals surface area contributed by atoms with Crippen LogP contribution in [0.25, 0.3) is 6.08 Å². The first-order chi connectivity index (χ1) is 17.5. The van der Waals surface area contributed by atoms with Gasteiger partial charge in [-0.15, -0.1) is 11.3 Å². The van der Waals surface area contributed by atoms with Gasteiger partial charge < -0.3 is 9.84 Å². The molecule has 0 bridgehead atoms. The van der Waals surface area contributed by atoms with E-state index in [0.717, 1.165) is 42.5 Å². The van der Waals surface area contributed by atoms with Crippen LogP contribution in [0.1, 0.15) is 62.8 Å². The third-order valence-corrected chi connectivity index (χ3v) is 8.83. The minimum atomic E-state index is -0.286. The van der Waals surface area contributed by atoms with Crippen LogP contribution in [0.2, 0.25) is 0 Å². The van der Waals surface area contributed by atoms with E-state index in [1.807, 2.05) is 29.6 Å². The molecule has 2 fully saturated rings. The lowest BCUT2D eigenvalue weighted by molar-refractivity contribution is -0.140. The molecule has 2 aromatic rings. The summed E-state index contributed by atoms with van der Waals surface area (Å²) in [6, 6.07) is 11.3. The molecule has 4 atom stereocenters. The third-order valence-electron chi connectivity index (χ3n) is 7.97. The third kappa shape index (κ3) is 4.81. The predicted octanol–water partition coefficient (Wildman–Crippen LogP) is 6.34. The molecule has 5 rings (SSSR count). The number of rotatable bonds is 9. The van der Waals surface area contributed by atoms with E-state index in [-0.39, 0.29) is 41.4 Å². The molecule has 1 aromatic carbocycles. The van der Waals surface area contributed by atoms with Gasteiger partial charge in [-0.3, -0.25) is 14.5 Å². The summed E-state index contributed by atoms with van der Waals surface area (Å²) in [5, 5.41) is 11.8. The van der Waals surface area contributed by atoms with Crippen molar-refractivity contribution < 1.29 is 19.4 Å². The number of hydrogen-bond donors (Lipinski definition) is 1. The lowest BCUT2D eigenvalue weighted by Crippen LogP contribution is -2.34. The van der Waals surface area contributed by atoms with Crippen LogP contribution >= 0.6 is 11.3 Å². The topological polar surface area (TPSA) is 66.8 Å². The van der Waals surface area contributed by atoms with E-state index in [9.17, 15) is 14.7 Å². The average molecular weight is 506 g/mol. The van der Waals surface area contributed by atoms with E-state index in [1.165, 1.54) is 21.6 Å². The number of hydrogen-bond acceptors (Lipinski definition) is 5. The molecule has 0 saturated carbocycles. The molecule has 1 aromatic heterocycles. The van der Waals surface area contributed by atoms with Crippen LogP contribution in [0.3, 0.4) is 0 Å². The number of phenolic OH excluding ortho intramolecular Hbond substituents is 1. The Balaban J connectivity index is 1.35. The molecule has 36 heavy (non-hydrogen) atoms. The summed E-state index contributed by atoms with van der Waals surface area (Å²) < 4.78 is 6.37. The maximum absolute atomic E-state index is 13.5. The Kier molecular flexibility index (Phi) is 7.44. The van der Waals surface area contributed by atoms with Crippen LogP contribution in [-0.2, 0) is 20.9 Å². The summed E-state index contributed by atoms with van der Waals surface area (Å²) in [4.78, 5) is 29.5. The number of imide groups is 1. The number of fused-ring (bicyclic) bond motifs is 3. The zero-order chi connectivity index (χ0) is 25.2. The molecule has 0 unspecified atom stereocenters. The lowest BCUT2D eigenvalue weighted by atomic mass is 9.68. The van der Waals surface area contributed by atoms with Gasteiger partial charge in [0.05, 0.1) is 31.1 Å². The number of ether oxygens (including phenoxy) is 1. The highest BCUT2D eigenvalue weighted by atomic mass is 32.1. The fourth-order valence-corrected chi connectivity index (χ4v) is 7.00. The quantitative estimate of drug-likeness (QED) is 0.319. The maximum Gasteiger partial charge on any atom is 0.234 e. The van der Waals surface area contributed by atoms with Crippen molar-refractivity contribution in [2.45, 2.75) is 65.0 Å².